The molecule has 0 spiro atoms. The van der Waals surface area contributed by atoms with E-state index in [1.165, 1.54) is 5.56 Å². The molecule has 0 aliphatic heterocycles. The normalized spacial score (nSPS) is 10.4. The molecule has 1 aromatic heterocycles. The summed E-state index contributed by atoms with van der Waals surface area (Å²) in [6.45, 7) is 3.29. The van der Waals surface area contributed by atoms with Gasteiger partial charge < -0.3 is 19.9 Å². The Bertz CT molecular complexity index is 933. The van der Waals surface area contributed by atoms with Crippen molar-refractivity contribution in [3.63, 3.8) is 0 Å². The highest BCUT2D eigenvalue weighted by atomic mass is 16.5. The van der Waals surface area contributed by atoms with E-state index in [1.54, 1.807) is 12.1 Å². The monoisotopic (exact) mass is 405 g/mol. The Morgan fingerprint density at radius 3 is 2.27 bits per heavy atom. The highest BCUT2D eigenvalue weighted by Gasteiger charge is 2.06. The molecule has 3 rings (SSSR count). The first-order valence-corrected chi connectivity index (χ1v) is 10.1. The first-order chi connectivity index (χ1) is 14.6. The van der Waals surface area contributed by atoms with Gasteiger partial charge in [-0.2, -0.15) is 0 Å². The third kappa shape index (κ3) is 6.51. The van der Waals surface area contributed by atoms with Gasteiger partial charge in [-0.15, -0.1) is 0 Å². The van der Waals surface area contributed by atoms with Crippen molar-refractivity contribution in [2.75, 3.05) is 19.7 Å². The van der Waals surface area contributed by atoms with Crippen LogP contribution in [0.15, 0.2) is 73.1 Å². The molecule has 6 heteroatoms. The standard InChI is InChI=1S/C24H27N3O3/c1-19-6-12-22(13-7-19)30-18-4-5-23(28)25-14-15-26-24(29)20-8-10-21(11-9-20)27-16-2-3-17-27/h2-3,6-13,16-17H,4-5,14-15,18H2,1H3,(H,25,28)(H,26,29). The van der Waals surface area contributed by atoms with E-state index in [0.717, 1.165) is 11.4 Å². The molecule has 0 bridgehead atoms. The van der Waals surface area contributed by atoms with Crippen molar-refractivity contribution in [3.8, 4) is 11.4 Å². The van der Waals surface area contributed by atoms with Gasteiger partial charge in [-0.1, -0.05) is 17.7 Å². The van der Waals surface area contributed by atoms with Crippen molar-refractivity contribution < 1.29 is 14.3 Å². The Balaban J connectivity index is 1.28. The molecule has 2 N–H and O–H groups in total. The first kappa shape index (κ1) is 21.2. The van der Waals surface area contributed by atoms with Gasteiger partial charge >= 0.3 is 0 Å². The highest BCUT2D eigenvalue weighted by Crippen LogP contribution is 2.12. The van der Waals surface area contributed by atoms with E-state index in [4.69, 9.17) is 4.74 Å². The number of amides is 2. The van der Waals surface area contributed by atoms with Gasteiger partial charge in [0, 0.05) is 43.2 Å². The molecule has 1 heterocycles. The van der Waals surface area contributed by atoms with E-state index in [2.05, 4.69) is 10.6 Å². The van der Waals surface area contributed by atoms with Crippen LogP contribution in [-0.4, -0.2) is 36.1 Å². The summed E-state index contributed by atoms with van der Waals surface area (Å²) in [5.41, 5.74) is 2.77. The molecule has 30 heavy (non-hydrogen) atoms. The highest BCUT2D eigenvalue weighted by molar-refractivity contribution is 5.94. The Morgan fingerprint density at radius 1 is 0.900 bits per heavy atom. The zero-order valence-corrected chi connectivity index (χ0v) is 17.1. The number of rotatable bonds is 10. The summed E-state index contributed by atoms with van der Waals surface area (Å²) in [5, 5.41) is 5.63. The van der Waals surface area contributed by atoms with E-state index in [1.807, 2.05) is 72.4 Å². The lowest BCUT2D eigenvalue weighted by Gasteiger charge is -2.09. The summed E-state index contributed by atoms with van der Waals surface area (Å²) in [5.74, 6) is 0.604. The van der Waals surface area contributed by atoms with Crippen molar-refractivity contribution in [2.45, 2.75) is 19.8 Å². The van der Waals surface area contributed by atoms with Crippen LogP contribution in [0.5, 0.6) is 5.75 Å². The number of nitrogens with zero attached hydrogens (tertiary/aromatic N) is 1. The average Bonchev–Trinajstić information content (AvgIpc) is 3.30. The molecule has 6 nitrogen and oxygen atoms in total. The summed E-state index contributed by atoms with van der Waals surface area (Å²) >= 11 is 0. The number of nitrogens with one attached hydrogen (secondary N) is 2. The minimum Gasteiger partial charge on any atom is -0.494 e. The molecule has 156 valence electrons. The topological polar surface area (TPSA) is 72.4 Å². The zero-order valence-electron chi connectivity index (χ0n) is 17.1. The van der Waals surface area contributed by atoms with Gasteiger partial charge in [-0.05, 0) is 61.9 Å². The molecule has 0 fully saturated rings. The van der Waals surface area contributed by atoms with Crippen molar-refractivity contribution in [3.05, 3.63) is 84.2 Å². The van der Waals surface area contributed by atoms with Gasteiger partial charge in [0.1, 0.15) is 5.75 Å². The van der Waals surface area contributed by atoms with Crippen molar-refractivity contribution in [1.29, 1.82) is 0 Å². The number of hydrogen-bond donors (Lipinski definition) is 2. The van der Waals surface area contributed by atoms with Gasteiger partial charge in [-0.3, -0.25) is 9.59 Å². The maximum Gasteiger partial charge on any atom is 0.251 e. The molecule has 2 amide bonds. The number of carbonyl (C=O) groups is 2. The van der Waals surface area contributed by atoms with Crippen LogP contribution in [0, 0.1) is 6.92 Å². The molecular weight excluding hydrogens is 378 g/mol. The Hall–Kier alpha value is -3.54. The van der Waals surface area contributed by atoms with Gasteiger partial charge in [0.25, 0.3) is 5.91 Å². The lowest BCUT2D eigenvalue weighted by Crippen LogP contribution is -2.34. The van der Waals surface area contributed by atoms with Gasteiger partial charge in [-0.25, -0.2) is 0 Å². The number of benzene rings is 2. The van der Waals surface area contributed by atoms with Crippen LogP contribution in [0.4, 0.5) is 0 Å². The molecule has 2 aromatic carbocycles. The summed E-state index contributed by atoms with van der Waals surface area (Å²) < 4.78 is 7.59. The van der Waals surface area contributed by atoms with Gasteiger partial charge in [0.05, 0.1) is 6.61 Å². The van der Waals surface area contributed by atoms with Crippen LogP contribution < -0.4 is 15.4 Å². The number of hydrogen-bond acceptors (Lipinski definition) is 3. The molecule has 0 radical (unpaired) electrons. The number of carbonyl (C=O) groups excluding carboxylic acids is 2. The Kier molecular flexibility index (Phi) is 7.66. The molecule has 3 aromatic rings. The third-order valence-corrected chi connectivity index (χ3v) is 4.60. The molecule has 0 saturated carbocycles. The number of ether oxygens (including phenoxy) is 1. The summed E-state index contributed by atoms with van der Waals surface area (Å²) in [4.78, 5) is 24.1. The fourth-order valence-electron chi connectivity index (χ4n) is 2.92. The summed E-state index contributed by atoms with van der Waals surface area (Å²) in [6, 6.07) is 19.1. The number of aryl methyl sites for hydroxylation is 1. The van der Waals surface area contributed by atoms with E-state index < -0.39 is 0 Å². The second-order valence-corrected chi connectivity index (χ2v) is 7.01. The number of aromatic nitrogens is 1. The summed E-state index contributed by atoms with van der Waals surface area (Å²) in [6.07, 6.45) is 4.93. The van der Waals surface area contributed by atoms with E-state index in [9.17, 15) is 9.59 Å². The Morgan fingerprint density at radius 2 is 1.57 bits per heavy atom. The van der Waals surface area contributed by atoms with Crippen LogP contribution in [0.25, 0.3) is 5.69 Å². The van der Waals surface area contributed by atoms with Crippen LogP contribution >= 0.6 is 0 Å². The maximum atomic E-state index is 12.2. The second-order valence-electron chi connectivity index (χ2n) is 7.01. The van der Waals surface area contributed by atoms with Crippen LogP contribution in [0.2, 0.25) is 0 Å². The predicted molar refractivity (Wildman–Crippen MR) is 117 cm³/mol. The molecule has 0 unspecified atom stereocenters. The smallest absolute Gasteiger partial charge is 0.251 e. The molecule has 0 aliphatic rings. The molecule has 0 aliphatic carbocycles. The molecule has 0 saturated heterocycles. The van der Waals surface area contributed by atoms with Gasteiger partial charge in [0.2, 0.25) is 5.91 Å². The summed E-state index contributed by atoms with van der Waals surface area (Å²) in [7, 11) is 0. The molecule has 0 atom stereocenters. The minimum atomic E-state index is -0.158. The quantitative estimate of drug-likeness (QED) is 0.507. The van der Waals surface area contributed by atoms with Crippen LogP contribution in [-0.2, 0) is 4.79 Å². The van der Waals surface area contributed by atoms with Gasteiger partial charge in [0.15, 0.2) is 0 Å². The van der Waals surface area contributed by atoms with Crippen molar-refractivity contribution >= 4 is 11.8 Å². The largest absolute Gasteiger partial charge is 0.494 e. The first-order valence-electron chi connectivity index (χ1n) is 10.1. The fraction of sp³-hybridized carbons (Fsp3) is 0.250. The third-order valence-electron chi connectivity index (χ3n) is 4.60. The van der Waals surface area contributed by atoms with E-state index >= 15 is 0 Å². The minimum absolute atomic E-state index is 0.0483. The van der Waals surface area contributed by atoms with Crippen molar-refractivity contribution in [2.24, 2.45) is 0 Å². The average molecular weight is 405 g/mol. The molecular formula is C24H27N3O3. The lowest BCUT2D eigenvalue weighted by atomic mass is 10.2. The maximum absolute atomic E-state index is 12.2. The van der Waals surface area contributed by atoms with Crippen LogP contribution in [0.1, 0.15) is 28.8 Å². The van der Waals surface area contributed by atoms with E-state index in [0.29, 0.717) is 38.1 Å². The van der Waals surface area contributed by atoms with E-state index in [-0.39, 0.29) is 11.8 Å². The second kappa shape index (κ2) is 10.9. The Labute approximate surface area is 176 Å². The predicted octanol–water partition coefficient (Wildman–Crippen LogP) is 3.49. The fourth-order valence-corrected chi connectivity index (χ4v) is 2.92. The SMILES string of the molecule is Cc1ccc(OCCCC(=O)NCCNC(=O)c2ccc(-n3cccc3)cc2)cc1. The lowest BCUT2D eigenvalue weighted by molar-refractivity contribution is -0.121. The zero-order chi connectivity index (χ0) is 21.2. The van der Waals surface area contributed by atoms with Crippen LogP contribution in [0.3, 0.4) is 0 Å². The van der Waals surface area contributed by atoms with Crippen molar-refractivity contribution in [1.82, 2.24) is 15.2 Å².